The molecular weight excluding hydrogens is 317 g/mol. The van der Waals surface area contributed by atoms with Gasteiger partial charge in [-0.15, -0.1) is 11.3 Å². The highest BCUT2D eigenvalue weighted by molar-refractivity contribution is 9.10. The normalized spacial score (nSPS) is 10.4. The van der Waals surface area contributed by atoms with Gasteiger partial charge < -0.3 is 5.32 Å². The maximum atomic E-state index is 13.1. The first-order valence-corrected chi connectivity index (χ1v) is 7.01. The van der Waals surface area contributed by atoms with Crippen molar-refractivity contribution < 1.29 is 9.18 Å². The van der Waals surface area contributed by atoms with Crippen molar-refractivity contribution in [2.75, 3.05) is 0 Å². The molecule has 0 aliphatic rings. The van der Waals surface area contributed by atoms with Gasteiger partial charge in [-0.1, -0.05) is 6.07 Å². The molecule has 0 saturated carbocycles. The smallest absolute Gasteiger partial charge is 0.251 e. The quantitative estimate of drug-likeness (QED) is 0.910. The molecule has 0 spiro atoms. The van der Waals surface area contributed by atoms with Crippen LogP contribution in [0.25, 0.3) is 0 Å². The molecule has 18 heavy (non-hydrogen) atoms. The molecule has 0 fully saturated rings. The SMILES string of the molecule is Cc1ccc(F)cc1C(=O)NCc1sccc1Br. The summed E-state index contributed by atoms with van der Waals surface area (Å²) in [5.41, 5.74) is 1.14. The van der Waals surface area contributed by atoms with E-state index in [0.717, 1.165) is 14.9 Å². The number of benzene rings is 1. The number of carbonyl (C=O) groups excluding carboxylic acids is 1. The molecule has 0 atom stereocenters. The molecule has 0 bridgehead atoms. The van der Waals surface area contributed by atoms with Crippen LogP contribution < -0.4 is 5.32 Å². The standard InChI is InChI=1S/C13H11BrFNOS/c1-8-2-3-9(15)6-10(8)13(17)16-7-12-11(14)4-5-18-12/h2-6H,7H2,1H3,(H,16,17). The van der Waals surface area contributed by atoms with Crippen LogP contribution in [0, 0.1) is 12.7 Å². The molecule has 1 aromatic heterocycles. The van der Waals surface area contributed by atoms with E-state index in [1.807, 2.05) is 11.4 Å². The molecule has 1 heterocycles. The fraction of sp³-hybridized carbons (Fsp3) is 0.154. The van der Waals surface area contributed by atoms with Crippen molar-refractivity contribution in [2.24, 2.45) is 0 Å². The summed E-state index contributed by atoms with van der Waals surface area (Å²) >= 11 is 4.96. The lowest BCUT2D eigenvalue weighted by molar-refractivity contribution is 0.0950. The predicted octanol–water partition coefficient (Wildman–Crippen LogP) is 3.89. The Morgan fingerprint density at radius 3 is 2.89 bits per heavy atom. The third-order valence-electron chi connectivity index (χ3n) is 2.54. The maximum Gasteiger partial charge on any atom is 0.251 e. The summed E-state index contributed by atoms with van der Waals surface area (Å²) in [6.45, 7) is 2.22. The summed E-state index contributed by atoms with van der Waals surface area (Å²) in [4.78, 5) is 13.0. The molecular formula is C13H11BrFNOS. The highest BCUT2D eigenvalue weighted by Gasteiger charge is 2.10. The largest absolute Gasteiger partial charge is 0.347 e. The van der Waals surface area contributed by atoms with Gasteiger partial charge in [0.15, 0.2) is 0 Å². The Morgan fingerprint density at radius 1 is 1.44 bits per heavy atom. The summed E-state index contributed by atoms with van der Waals surface area (Å²) in [6.07, 6.45) is 0. The molecule has 1 amide bonds. The molecule has 0 aliphatic heterocycles. The van der Waals surface area contributed by atoms with Gasteiger partial charge in [0.1, 0.15) is 5.82 Å². The van der Waals surface area contributed by atoms with Crippen LogP contribution in [-0.4, -0.2) is 5.91 Å². The third kappa shape index (κ3) is 2.97. The average Bonchev–Trinajstić information content (AvgIpc) is 2.75. The summed E-state index contributed by atoms with van der Waals surface area (Å²) in [6, 6.07) is 6.14. The van der Waals surface area contributed by atoms with Crippen LogP contribution in [0.5, 0.6) is 0 Å². The van der Waals surface area contributed by atoms with Gasteiger partial charge in [0.05, 0.1) is 6.54 Å². The second-order valence-corrected chi connectivity index (χ2v) is 5.69. The third-order valence-corrected chi connectivity index (χ3v) is 4.47. The molecule has 5 heteroatoms. The minimum atomic E-state index is -0.400. The van der Waals surface area contributed by atoms with E-state index in [2.05, 4.69) is 21.2 Å². The van der Waals surface area contributed by atoms with Crippen LogP contribution in [0.3, 0.4) is 0 Å². The summed E-state index contributed by atoms with van der Waals surface area (Å²) in [7, 11) is 0. The van der Waals surface area contributed by atoms with Gasteiger partial charge >= 0.3 is 0 Å². The van der Waals surface area contributed by atoms with Gasteiger partial charge in [0.2, 0.25) is 0 Å². The number of rotatable bonds is 3. The minimum Gasteiger partial charge on any atom is -0.347 e. The lowest BCUT2D eigenvalue weighted by atomic mass is 10.1. The van der Waals surface area contributed by atoms with Crippen molar-refractivity contribution in [1.82, 2.24) is 5.32 Å². The van der Waals surface area contributed by atoms with Crippen LogP contribution in [0.15, 0.2) is 34.1 Å². The number of nitrogens with one attached hydrogen (secondary N) is 1. The first-order chi connectivity index (χ1) is 8.58. The molecule has 0 aliphatic carbocycles. The predicted molar refractivity (Wildman–Crippen MR) is 74.3 cm³/mol. The highest BCUT2D eigenvalue weighted by Crippen LogP contribution is 2.22. The summed E-state index contributed by atoms with van der Waals surface area (Å²) in [5.74, 6) is -0.657. The zero-order valence-electron chi connectivity index (χ0n) is 9.67. The average molecular weight is 328 g/mol. The van der Waals surface area contributed by atoms with E-state index in [-0.39, 0.29) is 5.91 Å². The number of carbonyl (C=O) groups is 1. The molecule has 0 radical (unpaired) electrons. The van der Waals surface area contributed by atoms with E-state index in [4.69, 9.17) is 0 Å². The Labute approximate surface area is 117 Å². The number of hydrogen-bond donors (Lipinski definition) is 1. The molecule has 94 valence electrons. The Bertz CT molecular complexity index is 582. The van der Waals surface area contributed by atoms with Crippen LogP contribution in [-0.2, 0) is 6.54 Å². The van der Waals surface area contributed by atoms with E-state index < -0.39 is 5.82 Å². The van der Waals surface area contributed by atoms with Crippen molar-refractivity contribution in [3.05, 3.63) is 55.9 Å². The first kappa shape index (κ1) is 13.2. The summed E-state index contributed by atoms with van der Waals surface area (Å²) in [5, 5.41) is 4.73. The van der Waals surface area contributed by atoms with Crippen molar-refractivity contribution in [3.63, 3.8) is 0 Å². The fourth-order valence-electron chi connectivity index (χ4n) is 1.55. The second kappa shape index (κ2) is 5.63. The van der Waals surface area contributed by atoms with Gasteiger partial charge in [-0.3, -0.25) is 4.79 Å². The summed E-state index contributed by atoms with van der Waals surface area (Å²) < 4.78 is 14.1. The molecule has 1 N–H and O–H groups in total. The Morgan fingerprint density at radius 2 is 2.22 bits per heavy atom. The molecule has 0 saturated heterocycles. The zero-order valence-corrected chi connectivity index (χ0v) is 12.1. The van der Waals surface area contributed by atoms with Crippen LogP contribution in [0.1, 0.15) is 20.8 Å². The number of amides is 1. The van der Waals surface area contributed by atoms with Gasteiger partial charge in [0, 0.05) is 14.9 Å². The zero-order chi connectivity index (χ0) is 13.1. The van der Waals surface area contributed by atoms with Crippen molar-refractivity contribution in [1.29, 1.82) is 0 Å². The molecule has 1 aromatic carbocycles. The molecule has 2 nitrogen and oxygen atoms in total. The lowest BCUT2D eigenvalue weighted by Gasteiger charge is -2.07. The number of thiophene rings is 1. The van der Waals surface area contributed by atoms with Crippen molar-refractivity contribution in [2.45, 2.75) is 13.5 Å². The highest BCUT2D eigenvalue weighted by atomic mass is 79.9. The van der Waals surface area contributed by atoms with E-state index in [0.29, 0.717) is 12.1 Å². The number of halogens is 2. The van der Waals surface area contributed by atoms with Crippen molar-refractivity contribution in [3.8, 4) is 0 Å². The van der Waals surface area contributed by atoms with E-state index in [1.165, 1.54) is 12.1 Å². The Hall–Kier alpha value is -1.20. The fourth-order valence-corrected chi connectivity index (χ4v) is 2.98. The van der Waals surface area contributed by atoms with E-state index in [1.54, 1.807) is 24.3 Å². The van der Waals surface area contributed by atoms with E-state index >= 15 is 0 Å². The van der Waals surface area contributed by atoms with Gasteiger partial charge in [-0.05, 0) is 52.0 Å². The Kier molecular flexibility index (Phi) is 4.14. The monoisotopic (exact) mass is 327 g/mol. The first-order valence-electron chi connectivity index (χ1n) is 5.34. The second-order valence-electron chi connectivity index (χ2n) is 3.83. The van der Waals surface area contributed by atoms with Gasteiger partial charge in [0.25, 0.3) is 5.91 Å². The van der Waals surface area contributed by atoms with Crippen LogP contribution >= 0.6 is 27.3 Å². The molecule has 0 unspecified atom stereocenters. The molecule has 2 rings (SSSR count). The van der Waals surface area contributed by atoms with Crippen molar-refractivity contribution >= 4 is 33.2 Å². The lowest BCUT2D eigenvalue weighted by Crippen LogP contribution is -2.23. The number of hydrogen-bond acceptors (Lipinski definition) is 2. The van der Waals surface area contributed by atoms with Gasteiger partial charge in [-0.25, -0.2) is 4.39 Å². The van der Waals surface area contributed by atoms with Crippen LogP contribution in [0.2, 0.25) is 0 Å². The molecule has 2 aromatic rings. The topological polar surface area (TPSA) is 29.1 Å². The maximum absolute atomic E-state index is 13.1. The van der Waals surface area contributed by atoms with Crippen LogP contribution in [0.4, 0.5) is 4.39 Å². The number of aryl methyl sites for hydroxylation is 1. The Balaban J connectivity index is 2.08. The van der Waals surface area contributed by atoms with E-state index in [9.17, 15) is 9.18 Å². The minimum absolute atomic E-state index is 0.257. The van der Waals surface area contributed by atoms with Gasteiger partial charge in [-0.2, -0.15) is 0 Å².